The second kappa shape index (κ2) is 8.04. The number of allylic oxidation sites excluding steroid dienone is 1. The number of aryl methyl sites for hydroxylation is 1. The van der Waals surface area contributed by atoms with Crippen LogP contribution < -0.4 is 5.32 Å². The molecule has 19 heavy (non-hydrogen) atoms. The third-order valence-corrected chi connectivity index (χ3v) is 3.56. The van der Waals surface area contributed by atoms with Gasteiger partial charge < -0.3 is 5.32 Å². The maximum atomic E-state index is 4.13. The summed E-state index contributed by atoms with van der Waals surface area (Å²) in [6.45, 7) is 14.1. The summed E-state index contributed by atoms with van der Waals surface area (Å²) in [5.41, 5.74) is 3.97. The van der Waals surface area contributed by atoms with Crippen molar-refractivity contribution in [3.8, 4) is 0 Å². The molecule has 1 N–H and O–H groups in total. The SMILES string of the molecule is C=C(CCc1ccc(NCCC(C)C)cc1)C(C)C. The Hall–Kier alpha value is -1.24. The summed E-state index contributed by atoms with van der Waals surface area (Å²) in [6.07, 6.45) is 3.41. The molecule has 1 aromatic carbocycles. The molecule has 1 nitrogen and oxygen atoms in total. The standard InChI is InChI=1S/C18H29N/c1-14(2)12-13-19-18-10-8-17(9-11-18)7-6-16(5)15(3)4/h8-11,14-15,19H,5-7,12-13H2,1-4H3. The van der Waals surface area contributed by atoms with Gasteiger partial charge in [0.05, 0.1) is 0 Å². The van der Waals surface area contributed by atoms with Gasteiger partial charge in [0.15, 0.2) is 0 Å². The van der Waals surface area contributed by atoms with E-state index in [-0.39, 0.29) is 0 Å². The number of rotatable bonds is 8. The average molecular weight is 259 g/mol. The highest BCUT2D eigenvalue weighted by Crippen LogP contribution is 2.17. The predicted octanol–water partition coefficient (Wildman–Crippen LogP) is 5.29. The van der Waals surface area contributed by atoms with Gasteiger partial charge in [0.2, 0.25) is 0 Å². The Bertz CT molecular complexity index is 373. The van der Waals surface area contributed by atoms with Crippen LogP contribution in [0.3, 0.4) is 0 Å². The highest BCUT2D eigenvalue weighted by Gasteiger charge is 2.01. The van der Waals surface area contributed by atoms with E-state index in [0.29, 0.717) is 5.92 Å². The zero-order valence-electron chi connectivity index (χ0n) is 13.0. The molecule has 0 bridgehead atoms. The summed E-state index contributed by atoms with van der Waals surface area (Å²) in [7, 11) is 0. The number of hydrogen-bond acceptors (Lipinski definition) is 1. The molecule has 0 aromatic heterocycles. The monoisotopic (exact) mass is 259 g/mol. The quantitative estimate of drug-likeness (QED) is 0.625. The lowest BCUT2D eigenvalue weighted by Crippen LogP contribution is -2.04. The number of nitrogens with one attached hydrogen (secondary N) is 1. The molecular weight excluding hydrogens is 230 g/mol. The van der Waals surface area contributed by atoms with E-state index in [1.165, 1.54) is 23.2 Å². The fraction of sp³-hybridized carbons (Fsp3) is 0.556. The summed E-state index contributed by atoms with van der Waals surface area (Å²) >= 11 is 0. The Balaban J connectivity index is 2.37. The average Bonchev–Trinajstić information content (AvgIpc) is 2.37. The molecule has 0 heterocycles. The molecule has 0 unspecified atom stereocenters. The van der Waals surface area contributed by atoms with Gasteiger partial charge in [-0.25, -0.2) is 0 Å². The van der Waals surface area contributed by atoms with Crippen LogP contribution >= 0.6 is 0 Å². The molecule has 0 aliphatic carbocycles. The second-order valence-corrected chi connectivity index (χ2v) is 6.12. The van der Waals surface area contributed by atoms with Gasteiger partial charge in [0.1, 0.15) is 0 Å². The molecule has 0 saturated carbocycles. The Morgan fingerprint density at radius 2 is 1.74 bits per heavy atom. The molecule has 0 aliphatic heterocycles. The number of anilines is 1. The van der Waals surface area contributed by atoms with Crippen LogP contribution in [0.15, 0.2) is 36.4 Å². The zero-order valence-corrected chi connectivity index (χ0v) is 13.0. The molecule has 0 fully saturated rings. The molecule has 1 heteroatoms. The van der Waals surface area contributed by atoms with Crippen LogP contribution in [-0.2, 0) is 6.42 Å². The smallest absolute Gasteiger partial charge is 0.0340 e. The van der Waals surface area contributed by atoms with E-state index in [1.54, 1.807) is 0 Å². The molecule has 1 aromatic rings. The summed E-state index contributed by atoms with van der Waals surface area (Å²) in [5, 5.41) is 3.47. The third-order valence-electron chi connectivity index (χ3n) is 3.56. The van der Waals surface area contributed by atoms with Crippen molar-refractivity contribution in [1.29, 1.82) is 0 Å². The van der Waals surface area contributed by atoms with E-state index in [4.69, 9.17) is 0 Å². The lowest BCUT2D eigenvalue weighted by atomic mass is 9.97. The van der Waals surface area contributed by atoms with E-state index < -0.39 is 0 Å². The molecule has 106 valence electrons. The molecule has 0 atom stereocenters. The van der Waals surface area contributed by atoms with Crippen molar-refractivity contribution < 1.29 is 0 Å². The zero-order chi connectivity index (χ0) is 14.3. The Morgan fingerprint density at radius 3 is 2.26 bits per heavy atom. The highest BCUT2D eigenvalue weighted by molar-refractivity contribution is 5.44. The Morgan fingerprint density at radius 1 is 1.11 bits per heavy atom. The van der Waals surface area contributed by atoms with E-state index in [1.807, 2.05) is 0 Å². The van der Waals surface area contributed by atoms with Gasteiger partial charge in [-0.05, 0) is 48.8 Å². The second-order valence-electron chi connectivity index (χ2n) is 6.12. The van der Waals surface area contributed by atoms with Crippen LogP contribution in [0, 0.1) is 11.8 Å². The van der Waals surface area contributed by atoms with E-state index in [0.717, 1.165) is 25.3 Å². The first-order chi connectivity index (χ1) is 8.99. The Kier molecular flexibility index (Phi) is 6.69. The third kappa shape index (κ3) is 6.47. The van der Waals surface area contributed by atoms with Crippen LogP contribution in [0.2, 0.25) is 0 Å². The molecule has 0 spiro atoms. The summed E-state index contributed by atoms with van der Waals surface area (Å²) in [6, 6.07) is 8.83. The lowest BCUT2D eigenvalue weighted by molar-refractivity contribution is 0.607. The van der Waals surface area contributed by atoms with E-state index in [9.17, 15) is 0 Å². The van der Waals surface area contributed by atoms with Gasteiger partial charge in [-0.15, -0.1) is 0 Å². The molecule has 0 saturated heterocycles. The number of benzene rings is 1. The van der Waals surface area contributed by atoms with Gasteiger partial charge in [-0.2, -0.15) is 0 Å². The largest absolute Gasteiger partial charge is 0.385 e. The van der Waals surface area contributed by atoms with Crippen molar-refractivity contribution in [2.45, 2.75) is 47.0 Å². The van der Waals surface area contributed by atoms with Crippen LogP contribution in [0.4, 0.5) is 5.69 Å². The maximum Gasteiger partial charge on any atom is 0.0340 e. The van der Waals surface area contributed by atoms with Crippen molar-refractivity contribution in [3.05, 3.63) is 42.0 Å². The minimum absolute atomic E-state index is 0.594. The van der Waals surface area contributed by atoms with E-state index >= 15 is 0 Å². The molecule has 0 aliphatic rings. The fourth-order valence-corrected chi connectivity index (χ4v) is 1.89. The van der Waals surface area contributed by atoms with Gasteiger partial charge in [0.25, 0.3) is 0 Å². The lowest BCUT2D eigenvalue weighted by Gasteiger charge is -2.11. The summed E-state index contributed by atoms with van der Waals surface area (Å²) in [4.78, 5) is 0. The maximum absolute atomic E-state index is 4.13. The first-order valence-corrected chi connectivity index (χ1v) is 7.49. The highest BCUT2D eigenvalue weighted by atomic mass is 14.9. The molecular formula is C18H29N. The van der Waals surface area contributed by atoms with Crippen LogP contribution in [0.5, 0.6) is 0 Å². The minimum atomic E-state index is 0.594. The van der Waals surface area contributed by atoms with Crippen molar-refractivity contribution >= 4 is 5.69 Å². The summed E-state index contributed by atoms with van der Waals surface area (Å²) in [5.74, 6) is 1.35. The van der Waals surface area contributed by atoms with E-state index in [2.05, 4.69) is 63.9 Å². The first kappa shape index (κ1) is 15.8. The first-order valence-electron chi connectivity index (χ1n) is 7.49. The van der Waals surface area contributed by atoms with Gasteiger partial charge >= 0.3 is 0 Å². The van der Waals surface area contributed by atoms with Crippen LogP contribution in [0.25, 0.3) is 0 Å². The Labute approximate surface area is 119 Å². The molecule has 0 radical (unpaired) electrons. The van der Waals surface area contributed by atoms with Crippen molar-refractivity contribution in [1.82, 2.24) is 0 Å². The number of hydrogen-bond donors (Lipinski definition) is 1. The topological polar surface area (TPSA) is 12.0 Å². The van der Waals surface area contributed by atoms with Crippen molar-refractivity contribution in [3.63, 3.8) is 0 Å². The molecule has 0 amide bonds. The van der Waals surface area contributed by atoms with Crippen molar-refractivity contribution in [2.24, 2.45) is 11.8 Å². The summed E-state index contributed by atoms with van der Waals surface area (Å²) < 4.78 is 0. The van der Waals surface area contributed by atoms with Gasteiger partial charge in [0, 0.05) is 12.2 Å². The predicted molar refractivity (Wildman–Crippen MR) is 86.7 cm³/mol. The van der Waals surface area contributed by atoms with Crippen LogP contribution in [0.1, 0.15) is 46.1 Å². The van der Waals surface area contributed by atoms with Gasteiger partial charge in [-0.1, -0.05) is 52.0 Å². The molecule has 1 rings (SSSR count). The fourth-order valence-electron chi connectivity index (χ4n) is 1.89. The van der Waals surface area contributed by atoms with Crippen molar-refractivity contribution in [2.75, 3.05) is 11.9 Å². The van der Waals surface area contributed by atoms with Gasteiger partial charge in [-0.3, -0.25) is 0 Å². The minimum Gasteiger partial charge on any atom is -0.385 e. The van der Waals surface area contributed by atoms with Crippen LogP contribution in [-0.4, -0.2) is 6.54 Å². The normalized spacial score (nSPS) is 11.1.